The molecular formula is C20H38N2O2. The van der Waals surface area contributed by atoms with Crippen molar-refractivity contribution in [2.45, 2.75) is 103 Å². The van der Waals surface area contributed by atoms with Crippen molar-refractivity contribution in [1.82, 2.24) is 10.2 Å². The molecule has 140 valence electrons. The zero-order valence-corrected chi connectivity index (χ0v) is 16.3. The van der Waals surface area contributed by atoms with Crippen molar-refractivity contribution in [3.8, 4) is 0 Å². The molecule has 4 heteroatoms. The monoisotopic (exact) mass is 338 g/mol. The molecule has 24 heavy (non-hydrogen) atoms. The molecule has 1 rings (SSSR count). The smallest absolute Gasteiger partial charge is 0.223 e. The third-order valence-electron chi connectivity index (χ3n) is 5.64. The molecule has 0 aromatic rings. The average molecular weight is 339 g/mol. The van der Waals surface area contributed by atoms with Crippen molar-refractivity contribution in [2.24, 2.45) is 0 Å². The summed E-state index contributed by atoms with van der Waals surface area (Å²) in [6, 6.07) is 0.573. The first-order chi connectivity index (χ1) is 11.5. The maximum atomic E-state index is 12.8. The van der Waals surface area contributed by atoms with Crippen LogP contribution in [0, 0.1) is 0 Å². The molecule has 0 aromatic heterocycles. The van der Waals surface area contributed by atoms with Gasteiger partial charge in [-0.15, -0.1) is 0 Å². The molecule has 2 atom stereocenters. The number of carbonyl (C=O) groups is 2. The molecular weight excluding hydrogens is 300 g/mol. The Labute approximate surface area is 148 Å². The van der Waals surface area contributed by atoms with Crippen molar-refractivity contribution in [2.75, 3.05) is 13.1 Å². The van der Waals surface area contributed by atoms with Crippen LogP contribution in [0.5, 0.6) is 0 Å². The largest absolute Gasteiger partial charge is 0.330 e. The molecule has 1 amide bonds. The Kier molecular flexibility index (Phi) is 9.57. The van der Waals surface area contributed by atoms with E-state index in [1.54, 1.807) is 0 Å². The van der Waals surface area contributed by atoms with E-state index >= 15 is 0 Å². The predicted octanol–water partition coefficient (Wildman–Crippen LogP) is 4.08. The number of unbranched alkanes of at least 4 members (excludes halogenated alkanes) is 2. The van der Waals surface area contributed by atoms with Gasteiger partial charge in [0.25, 0.3) is 0 Å². The van der Waals surface area contributed by atoms with Gasteiger partial charge in [0.2, 0.25) is 5.91 Å². The van der Waals surface area contributed by atoms with E-state index in [2.05, 4.69) is 19.2 Å². The summed E-state index contributed by atoms with van der Waals surface area (Å²) in [5.74, 6) is 0.415. The zero-order chi connectivity index (χ0) is 18.0. The number of nitrogens with zero attached hydrogens (tertiary/aromatic N) is 1. The summed E-state index contributed by atoms with van der Waals surface area (Å²) < 4.78 is 0. The number of hydrogen-bond donors (Lipinski definition) is 1. The molecule has 0 spiro atoms. The normalized spacial score (nSPS) is 19.7. The molecule has 0 aliphatic carbocycles. The van der Waals surface area contributed by atoms with Crippen LogP contribution in [0.25, 0.3) is 0 Å². The summed E-state index contributed by atoms with van der Waals surface area (Å²) in [6.07, 6.45) is 9.26. The summed E-state index contributed by atoms with van der Waals surface area (Å²) in [5, 5.41) is 3.49. The number of ketones is 1. The van der Waals surface area contributed by atoms with Crippen molar-refractivity contribution >= 4 is 11.7 Å². The van der Waals surface area contributed by atoms with Crippen LogP contribution in [0.15, 0.2) is 0 Å². The molecule has 1 fully saturated rings. The van der Waals surface area contributed by atoms with Crippen molar-refractivity contribution in [3.63, 3.8) is 0 Å². The molecule has 1 aliphatic heterocycles. The van der Waals surface area contributed by atoms with Crippen LogP contribution in [0.3, 0.4) is 0 Å². The molecule has 2 unspecified atom stereocenters. The van der Waals surface area contributed by atoms with E-state index in [0.29, 0.717) is 25.3 Å². The quantitative estimate of drug-likeness (QED) is 0.578. The number of nitrogens with one attached hydrogen (secondary N) is 1. The Balaban J connectivity index is 2.43. The maximum absolute atomic E-state index is 12.8. The molecule has 1 aliphatic rings. The molecule has 1 saturated heterocycles. The number of amides is 1. The molecule has 0 aromatic carbocycles. The third kappa shape index (κ3) is 6.19. The van der Waals surface area contributed by atoms with Gasteiger partial charge < -0.3 is 10.2 Å². The first-order valence-electron chi connectivity index (χ1n) is 10.0. The van der Waals surface area contributed by atoms with E-state index in [4.69, 9.17) is 0 Å². The highest BCUT2D eigenvalue weighted by atomic mass is 16.2. The lowest BCUT2D eigenvalue weighted by Gasteiger charge is -2.39. The number of Topliss-reactive ketones (excluding diaryl/α,β-unsaturated/α-hetero) is 1. The topological polar surface area (TPSA) is 49.4 Å². The Hall–Kier alpha value is -0.900. The van der Waals surface area contributed by atoms with Crippen LogP contribution >= 0.6 is 0 Å². The molecule has 1 N–H and O–H groups in total. The van der Waals surface area contributed by atoms with Crippen LogP contribution < -0.4 is 5.32 Å². The highest BCUT2D eigenvalue weighted by molar-refractivity contribution is 5.92. The predicted molar refractivity (Wildman–Crippen MR) is 100 cm³/mol. The van der Waals surface area contributed by atoms with E-state index in [9.17, 15) is 9.59 Å². The van der Waals surface area contributed by atoms with Crippen LogP contribution in [0.4, 0.5) is 0 Å². The lowest BCUT2D eigenvalue weighted by Crippen LogP contribution is -2.54. The minimum Gasteiger partial charge on any atom is -0.330 e. The SMILES string of the molecule is CCC(C)NCCCCCC(=O)C(C)(CC)N1CCCCCC1=O. The van der Waals surface area contributed by atoms with Gasteiger partial charge in [-0.1, -0.05) is 26.7 Å². The average Bonchev–Trinajstić information content (AvgIpc) is 2.81. The fraction of sp³-hybridized carbons (Fsp3) is 0.900. The van der Waals surface area contributed by atoms with Gasteiger partial charge in [-0.25, -0.2) is 0 Å². The second-order valence-corrected chi connectivity index (χ2v) is 7.48. The minimum atomic E-state index is -0.601. The highest BCUT2D eigenvalue weighted by Crippen LogP contribution is 2.27. The van der Waals surface area contributed by atoms with E-state index in [1.165, 1.54) is 0 Å². The molecule has 1 heterocycles. The van der Waals surface area contributed by atoms with Crippen molar-refractivity contribution in [1.29, 1.82) is 0 Å². The summed E-state index contributed by atoms with van der Waals surface area (Å²) >= 11 is 0. The van der Waals surface area contributed by atoms with Gasteiger partial charge in [0.05, 0.1) is 5.54 Å². The number of hydrogen-bond acceptors (Lipinski definition) is 3. The second-order valence-electron chi connectivity index (χ2n) is 7.48. The Morgan fingerprint density at radius 3 is 2.62 bits per heavy atom. The highest BCUT2D eigenvalue weighted by Gasteiger charge is 2.39. The number of carbonyl (C=O) groups excluding carboxylic acids is 2. The van der Waals surface area contributed by atoms with E-state index in [-0.39, 0.29) is 11.7 Å². The zero-order valence-electron chi connectivity index (χ0n) is 16.3. The minimum absolute atomic E-state index is 0.169. The molecule has 0 radical (unpaired) electrons. The summed E-state index contributed by atoms with van der Waals surface area (Å²) in [5.41, 5.74) is -0.601. The van der Waals surface area contributed by atoms with Crippen LogP contribution in [-0.2, 0) is 9.59 Å². The van der Waals surface area contributed by atoms with Gasteiger partial charge >= 0.3 is 0 Å². The van der Waals surface area contributed by atoms with Crippen LogP contribution in [-0.4, -0.2) is 41.3 Å². The lowest BCUT2D eigenvalue weighted by atomic mass is 9.87. The van der Waals surface area contributed by atoms with Crippen LogP contribution in [0.1, 0.15) is 91.9 Å². The van der Waals surface area contributed by atoms with Crippen molar-refractivity contribution < 1.29 is 9.59 Å². The Morgan fingerprint density at radius 1 is 1.21 bits per heavy atom. The van der Waals surface area contributed by atoms with Gasteiger partial charge in [0.15, 0.2) is 5.78 Å². The molecule has 0 saturated carbocycles. The van der Waals surface area contributed by atoms with Gasteiger partial charge in [0, 0.05) is 25.4 Å². The fourth-order valence-corrected chi connectivity index (χ4v) is 3.39. The first kappa shape index (κ1) is 21.1. The fourth-order valence-electron chi connectivity index (χ4n) is 3.39. The number of rotatable bonds is 11. The van der Waals surface area contributed by atoms with E-state index in [0.717, 1.165) is 58.0 Å². The molecule has 0 bridgehead atoms. The summed E-state index contributed by atoms with van der Waals surface area (Å²) in [6.45, 7) is 10.2. The summed E-state index contributed by atoms with van der Waals surface area (Å²) in [4.78, 5) is 27.1. The van der Waals surface area contributed by atoms with E-state index < -0.39 is 5.54 Å². The van der Waals surface area contributed by atoms with Crippen LogP contribution in [0.2, 0.25) is 0 Å². The Bertz CT molecular complexity index is 397. The Morgan fingerprint density at radius 2 is 1.96 bits per heavy atom. The standard InChI is InChI=1S/C20H38N2O2/c1-5-17(3)21-15-11-7-9-13-18(23)20(4,6-2)22-16-12-8-10-14-19(22)24/h17,21H,5-16H2,1-4H3. The van der Waals surface area contributed by atoms with Gasteiger partial charge in [-0.05, 0) is 58.9 Å². The summed E-state index contributed by atoms with van der Waals surface area (Å²) in [7, 11) is 0. The van der Waals surface area contributed by atoms with Gasteiger partial charge in [-0.2, -0.15) is 0 Å². The lowest BCUT2D eigenvalue weighted by molar-refractivity contribution is -0.145. The van der Waals surface area contributed by atoms with Gasteiger partial charge in [-0.3, -0.25) is 9.59 Å². The first-order valence-corrected chi connectivity index (χ1v) is 10.0. The number of likely N-dealkylation sites (tertiary alicyclic amines) is 1. The third-order valence-corrected chi connectivity index (χ3v) is 5.64. The van der Waals surface area contributed by atoms with E-state index in [1.807, 2.05) is 18.7 Å². The van der Waals surface area contributed by atoms with Crippen molar-refractivity contribution in [3.05, 3.63) is 0 Å². The maximum Gasteiger partial charge on any atom is 0.223 e. The molecule has 4 nitrogen and oxygen atoms in total. The van der Waals surface area contributed by atoms with Gasteiger partial charge in [0.1, 0.15) is 0 Å². The second kappa shape index (κ2) is 10.9.